The first-order chi connectivity index (χ1) is 16.0. The number of benzene rings is 3. The molecule has 3 aromatic carbocycles. The molecule has 0 unspecified atom stereocenters. The van der Waals surface area contributed by atoms with Crippen LogP contribution < -0.4 is 15.7 Å². The van der Waals surface area contributed by atoms with Crippen molar-refractivity contribution in [1.82, 2.24) is 5.32 Å². The maximum absolute atomic E-state index is 12.2. The largest absolute Gasteiger partial charge is 0.445 e. The number of carbonyl (C=O) groups excluding carboxylic acids is 2. The van der Waals surface area contributed by atoms with Crippen molar-refractivity contribution >= 4 is 23.0 Å². The zero-order valence-corrected chi connectivity index (χ0v) is 17.9. The summed E-state index contributed by atoms with van der Waals surface area (Å²) >= 11 is 0. The van der Waals surface area contributed by atoms with Crippen molar-refractivity contribution in [3.63, 3.8) is 0 Å². The minimum atomic E-state index is -0.732. The Morgan fingerprint density at radius 1 is 0.939 bits per heavy atom. The van der Waals surface area contributed by atoms with Gasteiger partial charge >= 0.3 is 17.7 Å². The standard InChI is InChI=1S/C26H21NO6/c1-17-22(32-24(29)15-27-26(30)31-16-18-8-4-2-5-9-18)13-12-20-21(14-23(28)33-25(17)20)19-10-6-3-7-11-19/h2-14H,15-16H2,1H3,(H,27,30). The summed E-state index contributed by atoms with van der Waals surface area (Å²) < 4.78 is 15.9. The second kappa shape index (κ2) is 9.82. The van der Waals surface area contributed by atoms with Crippen LogP contribution >= 0.6 is 0 Å². The van der Waals surface area contributed by atoms with Crippen molar-refractivity contribution in [3.05, 3.63) is 100 Å². The molecule has 1 aromatic heterocycles. The first-order valence-corrected chi connectivity index (χ1v) is 10.3. The van der Waals surface area contributed by atoms with Crippen LogP contribution in [-0.2, 0) is 16.1 Å². The number of esters is 1. The molecular weight excluding hydrogens is 422 g/mol. The number of carbonyl (C=O) groups is 2. The quantitative estimate of drug-likeness (QED) is 0.266. The molecule has 0 fully saturated rings. The molecule has 1 amide bonds. The molecule has 0 aliphatic carbocycles. The number of ether oxygens (including phenoxy) is 2. The zero-order valence-electron chi connectivity index (χ0n) is 17.9. The Bertz CT molecular complexity index is 1350. The second-order valence-corrected chi connectivity index (χ2v) is 7.30. The van der Waals surface area contributed by atoms with E-state index in [1.165, 1.54) is 6.07 Å². The number of amides is 1. The number of nitrogens with one attached hydrogen (secondary N) is 1. The third kappa shape index (κ3) is 5.27. The molecule has 0 spiro atoms. The fraction of sp³-hybridized carbons (Fsp3) is 0.115. The van der Waals surface area contributed by atoms with Crippen molar-refractivity contribution < 1.29 is 23.5 Å². The average molecular weight is 443 g/mol. The van der Waals surface area contributed by atoms with Crippen LogP contribution in [0.5, 0.6) is 5.75 Å². The summed E-state index contributed by atoms with van der Waals surface area (Å²) in [5.41, 5.74) is 2.77. The topological polar surface area (TPSA) is 94.8 Å². The van der Waals surface area contributed by atoms with Crippen LogP contribution in [-0.4, -0.2) is 18.6 Å². The van der Waals surface area contributed by atoms with Gasteiger partial charge in [-0.1, -0.05) is 60.7 Å². The summed E-state index contributed by atoms with van der Waals surface area (Å²) in [4.78, 5) is 36.3. The zero-order chi connectivity index (χ0) is 23.2. The number of alkyl carbamates (subject to hydrolysis) is 1. The first kappa shape index (κ1) is 21.8. The highest BCUT2D eigenvalue weighted by molar-refractivity contribution is 5.96. The maximum Gasteiger partial charge on any atom is 0.407 e. The highest BCUT2D eigenvalue weighted by atomic mass is 16.6. The summed E-state index contributed by atoms with van der Waals surface area (Å²) in [6, 6.07) is 23.5. The smallest absolute Gasteiger partial charge is 0.407 e. The lowest BCUT2D eigenvalue weighted by atomic mass is 10.0. The first-order valence-electron chi connectivity index (χ1n) is 10.3. The Morgan fingerprint density at radius 2 is 1.64 bits per heavy atom. The number of fused-ring (bicyclic) bond motifs is 1. The van der Waals surface area contributed by atoms with Gasteiger partial charge in [-0.15, -0.1) is 0 Å². The van der Waals surface area contributed by atoms with Gasteiger partial charge in [0.25, 0.3) is 0 Å². The van der Waals surface area contributed by atoms with Gasteiger partial charge in [-0.3, -0.25) is 0 Å². The average Bonchev–Trinajstić information content (AvgIpc) is 2.84. The molecule has 0 radical (unpaired) electrons. The van der Waals surface area contributed by atoms with E-state index in [1.807, 2.05) is 60.7 Å². The highest BCUT2D eigenvalue weighted by Gasteiger charge is 2.16. The monoisotopic (exact) mass is 443 g/mol. The van der Waals surface area contributed by atoms with Crippen LogP contribution in [0.4, 0.5) is 4.79 Å². The van der Waals surface area contributed by atoms with E-state index in [9.17, 15) is 14.4 Å². The van der Waals surface area contributed by atoms with Gasteiger partial charge in [-0.2, -0.15) is 0 Å². The lowest BCUT2D eigenvalue weighted by molar-refractivity contribution is -0.133. The van der Waals surface area contributed by atoms with Crippen LogP contribution in [0.2, 0.25) is 0 Å². The van der Waals surface area contributed by atoms with E-state index in [-0.39, 0.29) is 18.9 Å². The molecular formula is C26H21NO6. The molecule has 0 saturated carbocycles. The van der Waals surface area contributed by atoms with Gasteiger partial charge in [0.1, 0.15) is 24.5 Å². The normalized spacial score (nSPS) is 10.6. The van der Waals surface area contributed by atoms with Crippen molar-refractivity contribution in [2.24, 2.45) is 0 Å². The predicted molar refractivity (Wildman–Crippen MR) is 123 cm³/mol. The van der Waals surface area contributed by atoms with Gasteiger partial charge in [0.2, 0.25) is 0 Å². The highest BCUT2D eigenvalue weighted by Crippen LogP contribution is 2.33. The number of rotatable bonds is 6. The van der Waals surface area contributed by atoms with Crippen LogP contribution in [0, 0.1) is 6.92 Å². The third-order valence-electron chi connectivity index (χ3n) is 5.01. The van der Waals surface area contributed by atoms with Crippen molar-refractivity contribution in [1.29, 1.82) is 0 Å². The van der Waals surface area contributed by atoms with Crippen LogP contribution in [0.25, 0.3) is 22.1 Å². The Hall–Kier alpha value is -4.39. The molecule has 0 aliphatic heterocycles. The predicted octanol–water partition coefficient (Wildman–Crippen LogP) is 4.60. The van der Waals surface area contributed by atoms with Gasteiger partial charge in [0.15, 0.2) is 0 Å². The van der Waals surface area contributed by atoms with E-state index < -0.39 is 17.7 Å². The van der Waals surface area contributed by atoms with Gasteiger partial charge in [0.05, 0.1) is 0 Å². The van der Waals surface area contributed by atoms with Crippen LogP contribution in [0.3, 0.4) is 0 Å². The third-order valence-corrected chi connectivity index (χ3v) is 5.01. The Balaban J connectivity index is 1.44. The molecule has 166 valence electrons. The van der Waals surface area contributed by atoms with E-state index in [4.69, 9.17) is 13.9 Å². The fourth-order valence-electron chi connectivity index (χ4n) is 3.39. The molecule has 1 heterocycles. The summed E-state index contributed by atoms with van der Waals surface area (Å²) in [7, 11) is 0. The Kier molecular flexibility index (Phi) is 6.50. The van der Waals surface area contributed by atoms with E-state index >= 15 is 0 Å². The Labute approximate surface area is 189 Å². The van der Waals surface area contributed by atoms with E-state index in [0.29, 0.717) is 11.1 Å². The fourth-order valence-corrected chi connectivity index (χ4v) is 3.39. The second-order valence-electron chi connectivity index (χ2n) is 7.30. The van der Waals surface area contributed by atoms with Gasteiger partial charge in [-0.25, -0.2) is 14.4 Å². The van der Waals surface area contributed by atoms with E-state index in [1.54, 1.807) is 19.1 Å². The van der Waals surface area contributed by atoms with Gasteiger partial charge < -0.3 is 19.2 Å². The molecule has 0 aliphatic rings. The summed E-state index contributed by atoms with van der Waals surface area (Å²) in [6.07, 6.45) is -0.732. The Morgan fingerprint density at radius 3 is 2.36 bits per heavy atom. The SMILES string of the molecule is Cc1c(OC(=O)CNC(=O)OCc2ccccc2)ccc2c(-c3ccccc3)cc(=O)oc12. The molecule has 4 rings (SSSR count). The van der Waals surface area contributed by atoms with E-state index in [2.05, 4.69) is 5.32 Å². The van der Waals surface area contributed by atoms with Crippen LogP contribution in [0.15, 0.2) is 88.1 Å². The molecule has 0 saturated heterocycles. The molecule has 1 N–H and O–H groups in total. The van der Waals surface area contributed by atoms with E-state index in [0.717, 1.165) is 22.1 Å². The van der Waals surface area contributed by atoms with Crippen molar-refractivity contribution in [2.45, 2.75) is 13.5 Å². The molecule has 7 nitrogen and oxygen atoms in total. The van der Waals surface area contributed by atoms with Crippen molar-refractivity contribution in [3.8, 4) is 16.9 Å². The molecule has 7 heteroatoms. The lowest BCUT2D eigenvalue weighted by Crippen LogP contribution is -2.32. The lowest BCUT2D eigenvalue weighted by Gasteiger charge is -2.12. The van der Waals surface area contributed by atoms with Gasteiger partial charge in [0, 0.05) is 17.0 Å². The van der Waals surface area contributed by atoms with Crippen molar-refractivity contribution in [2.75, 3.05) is 6.54 Å². The molecule has 33 heavy (non-hydrogen) atoms. The summed E-state index contributed by atoms with van der Waals surface area (Å²) in [5.74, 6) is -0.448. The van der Waals surface area contributed by atoms with Crippen LogP contribution in [0.1, 0.15) is 11.1 Å². The molecule has 0 bridgehead atoms. The summed E-state index contributed by atoms with van der Waals surface area (Å²) in [6.45, 7) is 1.41. The number of hydrogen-bond donors (Lipinski definition) is 1. The summed E-state index contributed by atoms with van der Waals surface area (Å²) in [5, 5.41) is 3.08. The minimum absolute atomic E-state index is 0.0916. The number of hydrogen-bond acceptors (Lipinski definition) is 6. The number of aryl methyl sites for hydroxylation is 1. The molecule has 0 atom stereocenters. The van der Waals surface area contributed by atoms with Gasteiger partial charge in [-0.05, 0) is 35.7 Å². The minimum Gasteiger partial charge on any atom is -0.445 e. The molecule has 4 aromatic rings. The maximum atomic E-state index is 12.2.